The average molecular weight is 384 g/mol. The molecule has 1 rings (SSSR count). The number of rotatable bonds is 2. The molecular formula is C6H4F3IN2O4S. The minimum atomic E-state index is -5.11. The van der Waals surface area contributed by atoms with Crippen LogP contribution in [0.2, 0.25) is 0 Å². The van der Waals surface area contributed by atoms with Gasteiger partial charge in [0.2, 0.25) is 15.8 Å². The van der Waals surface area contributed by atoms with Gasteiger partial charge in [0.25, 0.3) is 5.56 Å². The van der Waals surface area contributed by atoms with Crippen molar-refractivity contribution in [1.29, 1.82) is 0 Å². The van der Waals surface area contributed by atoms with Crippen LogP contribution in [0.25, 0.3) is 0 Å². The van der Waals surface area contributed by atoms with E-state index in [1.54, 1.807) is 4.98 Å². The van der Waals surface area contributed by atoms with Gasteiger partial charge in [-0.05, 0) is 22.6 Å². The molecule has 6 nitrogen and oxygen atoms in total. The molecule has 0 saturated heterocycles. The average Bonchev–Trinajstić information content (AvgIpc) is 2.08. The van der Waals surface area contributed by atoms with Crippen LogP contribution >= 0.6 is 22.6 Å². The first kappa shape index (κ1) is 14.2. The molecule has 0 atom stereocenters. The molecule has 0 fully saturated rings. The molecule has 0 bridgehead atoms. The standard InChI is InChI=1S/C6H4F3IN2O4S/c7-6(8,9)16-4-3(10)2(17(11,14)15)1-12-5(4)13/h1H,(H,12,13)(H2,11,14,15). The first-order valence-electron chi connectivity index (χ1n) is 3.72. The highest BCUT2D eigenvalue weighted by Gasteiger charge is 2.34. The van der Waals surface area contributed by atoms with Crippen LogP contribution < -0.4 is 15.4 Å². The topological polar surface area (TPSA) is 102 Å². The van der Waals surface area contributed by atoms with Crippen LogP contribution in [0.4, 0.5) is 13.2 Å². The van der Waals surface area contributed by atoms with E-state index in [2.05, 4.69) is 4.74 Å². The number of pyridine rings is 1. The van der Waals surface area contributed by atoms with Gasteiger partial charge in [-0.2, -0.15) is 0 Å². The van der Waals surface area contributed by atoms with Gasteiger partial charge in [0, 0.05) is 6.20 Å². The fraction of sp³-hybridized carbons (Fsp3) is 0.167. The smallest absolute Gasteiger partial charge is 0.399 e. The quantitative estimate of drug-likeness (QED) is 0.727. The maximum absolute atomic E-state index is 12.0. The van der Waals surface area contributed by atoms with Gasteiger partial charge in [-0.25, -0.2) is 13.6 Å². The zero-order chi connectivity index (χ0) is 13.4. The molecular weight excluding hydrogens is 380 g/mol. The molecule has 1 aromatic rings. The van der Waals surface area contributed by atoms with Crippen LogP contribution in [0.15, 0.2) is 15.9 Å². The molecule has 17 heavy (non-hydrogen) atoms. The molecule has 3 N–H and O–H groups in total. The summed E-state index contributed by atoms with van der Waals surface area (Å²) in [6.07, 6.45) is -4.41. The molecule has 0 aliphatic carbocycles. The van der Waals surface area contributed by atoms with Gasteiger partial charge < -0.3 is 9.72 Å². The van der Waals surface area contributed by atoms with Crippen LogP contribution in [0, 0.1) is 3.57 Å². The monoisotopic (exact) mass is 384 g/mol. The van der Waals surface area contributed by atoms with Gasteiger partial charge in [-0.15, -0.1) is 13.2 Å². The number of ether oxygens (including phenoxy) is 1. The lowest BCUT2D eigenvalue weighted by Gasteiger charge is -2.11. The number of hydrogen-bond donors (Lipinski definition) is 2. The Balaban J connectivity index is 3.47. The second-order valence-corrected chi connectivity index (χ2v) is 5.33. The Morgan fingerprint density at radius 1 is 1.41 bits per heavy atom. The molecule has 0 aromatic carbocycles. The third kappa shape index (κ3) is 3.57. The Morgan fingerprint density at radius 3 is 2.35 bits per heavy atom. The number of halogens is 4. The molecule has 0 spiro atoms. The van der Waals surface area contributed by atoms with E-state index in [4.69, 9.17) is 5.14 Å². The van der Waals surface area contributed by atoms with Crippen molar-refractivity contribution in [2.75, 3.05) is 0 Å². The van der Waals surface area contributed by atoms with Gasteiger partial charge in [0.15, 0.2) is 0 Å². The molecule has 0 saturated carbocycles. The molecule has 0 aliphatic heterocycles. The van der Waals surface area contributed by atoms with E-state index in [9.17, 15) is 26.4 Å². The lowest BCUT2D eigenvalue weighted by Crippen LogP contribution is -2.25. The van der Waals surface area contributed by atoms with E-state index in [0.29, 0.717) is 6.20 Å². The van der Waals surface area contributed by atoms with Gasteiger partial charge in [0.1, 0.15) is 4.90 Å². The Hall–Kier alpha value is -0.820. The first-order valence-corrected chi connectivity index (χ1v) is 6.34. The van der Waals surface area contributed by atoms with Crippen LogP contribution in [-0.4, -0.2) is 19.8 Å². The van der Waals surface area contributed by atoms with Crippen molar-refractivity contribution in [3.63, 3.8) is 0 Å². The second kappa shape index (κ2) is 4.45. The normalized spacial score (nSPS) is 12.5. The van der Waals surface area contributed by atoms with Crippen LogP contribution in [-0.2, 0) is 10.0 Å². The highest BCUT2D eigenvalue weighted by Crippen LogP contribution is 2.27. The number of sulfonamides is 1. The summed E-state index contributed by atoms with van der Waals surface area (Å²) in [5.41, 5.74) is -1.21. The number of aromatic nitrogens is 1. The lowest BCUT2D eigenvalue weighted by atomic mass is 10.4. The SMILES string of the molecule is NS(=O)(=O)c1c[nH]c(=O)c(OC(F)(F)F)c1I. The van der Waals surface area contributed by atoms with Crippen molar-refractivity contribution in [2.24, 2.45) is 5.14 Å². The number of H-pyrrole nitrogens is 1. The van der Waals surface area contributed by atoms with Crippen LogP contribution in [0.3, 0.4) is 0 Å². The molecule has 0 aliphatic rings. The predicted octanol–water partition coefficient (Wildman–Crippen LogP) is 0.525. The summed E-state index contributed by atoms with van der Waals surface area (Å²) >= 11 is 1.23. The minimum Gasteiger partial charge on any atom is -0.399 e. The fourth-order valence-electron chi connectivity index (χ4n) is 0.885. The largest absolute Gasteiger partial charge is 0.573 e. The Morgan fingerprint density at radius 2 is 1.94 bits per heavy atom. The van der Waals surface area contributed by atoms with E-state index < -0.39 is 36.2 Å². The molecule has 0 amide bonds. The summed E-state index contributed by atoms with van der Waals surface area (Å²) < 4.78 is 60.8. The fourth-order valence-corrected chi connectivity index (χ4v) is 2.88. The van der Waals surface area contributed by atoms with Gasteiger partial charge in [-0.3, -0.25) is 4.79 Å². The number of hydrogen-bond acceptors (Lipinski definition) is 4. The number of aromatic amines is 1. The van der Waals surface area contributed by atoms with Crippen LogP contribution in [0.1, 0.15) is 0 Å². The van der Waals surface area contributed by atoms with E-state index in [0.717, 1.165) is 0 Å². The zero-order valence-corrected chi connectivity index (χ0v) is 10.7. The third-order valence-corrected chi connectivity index (χ3v) is 3.85. The van der Waals surface area contributed by atoms with Crippen molar-refractivity contribution in [1.82, 2.24) is 4.98 Å². The Kier molecular flexibility index (Phi) is 3.73. The van der Waals surface area contributed by atoms with E-state index >= 15 is 0 Å². The zero-order valence-electron chi connectivity index (χ0n) is 7.71. The maximum Gasteiger partial charge on any atom is 0.573 e. The van der Waals surface area contributed by atoms with Gasteiger partial charge in [-0.1, -0.05) is 0 Å². The third-order valence-electron chi connectivity index (χ3n) is 1.48. The molecule has 0 unspecified atom stereocenters. The summed E-state index contributed by atoms with van der Waals surface area (Å²) in [6.45, 7) is 0. The van der Waals surface area contributed by atoms with E-state index in [1.165, 1.54) is 22.6 Å². The van der Waals surface area contributed by atoms with Crippen molar-refractivity contribution >= 4 is 32.6 Å². The number of nitrogens with one attached hydrogen (secondary N) is 1. The van der Waals surface area contributed by atoms with Crippen molar-refractivity contribution in [2.45, 2.75) is 11.3 Å². The molecule has 11 heteroatoms. The minimum absolute atomic E-state index is 0.536. The number of primary sulfonamides is 1. The van der Waals surface area contributed by atoms with Gasteiger partial charge in [0.05, 0.1) is 3.57 Å². The van der Waals surface area contributed by atoms with Crippen LogP contribution in [0.5, 0.6) is 5.75 Å². The first-order chi connectivity index (χ1) is 7.52. The number of alkyl halides is 3. The van der Waals surface area contributed by atoms with Crippen molar-refractivity contribution in [3.05, 3.63) is 20.1 Å². The van der Waals surface area contributed by atoms with E-state index in [1.807, 2.05) is 0 Å². The molecule has 1 aromatic heterocycles. The summed E-state index contributed by atoms with van der Waals surface area (Å²) in [6, 6.07) is 0. The highest BCUT2D eigenvalue weighted by atomic mass is 127. The highest BCUT2D eigenvalue weighted by molar-refractivity contribution is 14.1. The Labute approximate surface area is 106 Å². The molecule has 1 heterocycles. The summed E-state index contributed by atoms with van der Waals surface area (Å²) in [5, 5.41) is 4.75. The molecule has 0 radical (unpaired) electrons. The summed E-state index contributed by atoms with van der Waals surface area (Å²) in [4.78, 5) is 12.2. The predicted molar refractivity (Wildman–Crippen MR) is 57.8 cm³/mol. The molecule has 96 valence electrons. The van der Waals surface area contributed by atoms with E-state index in [-0.39, 0.29) is 0 Å². The summed E-state index contributed by atoms with van der Waals surface area (Å²) in [5.74, 6) is -1.16. The number of nitrogens with two attached hydrogens (primary N) is 1. The second-order valence-electron chi connectivity index (χ2n) is 2.72. The Bertz CT molecular complexity index is 594. The summed E-state index contributed by atoms with van der Waals surface area (Å²) in [7, 11) is -4.25. The van der Waals surface area contributed by atoms with Crippen molar-refractivity contribution < 1.29 is 26.3 Å². The van der Waals surface area contributed by atoms with Gasteiger partial charge >= 0.3 is 6.36 Å². The lowest BCUT2D eigenvalue weighted by molar-refractivity contribution is -0.275. The maximum atomic E-state index is 12.0. The van der Waals surface area contributed by atoms with Crippen molar-refractivity contribution in [3.8, 4) is 5.75 Å².